The minimum Gasteiger partial charge on any atom is -0.481 e. The highest BCUT2D eigenvalue weighted by atomic mass is 19.1. The minimum absolute atomic E-state index is 0.0697. The van der Waals surface area contributed by atoms with E-state index in [1.54, 1.807) is 12.1 Å². The van der Waals surface area contributed by atoms with Gasteiger partial charge in [0.15, 0.2) is 6.10 Å². The Morgan fingerprint density at radius 2 is 1.92 bits per heavy atom. The summed E-state index contributed by atoms with van der Waals surface area (Å²) in [4.78, 5) is 16.5. The number of hydrogen-bond acceptors (Lipinski definition) is 3. The van der Waals surface area contributed by atoms with Gasteiger partial charge < -0.3 is 15.0 Å². The van der Waals surface area contributed by atoms with E-state index in [-0.39, 0.29) is 17.0 Å². The van der Waals surface area contributed by atoms with E-state index in [0.717, 1.165) is 42.8 Å². The van der Waals surface area contributed by atoms with Gasteiger partial charge >= 0.3 is 0 Å². The summed E-state index contributed by atoms with van der Waals surface area (Å²) in [6.07, 6.45) is 1.16. The summed E-state index contributed by atoms with van der Waals surface area (Å²) in [6.45, 7) is 1.72. The molecule has 26 heavy (non-hydrogen) atoms. The van der Waals surface area contributed by atoms with Crippen LogP contribution in [-0.4, -0.2) is 30.0 Å². The van der Waals surface area contributed by atoms with E-state index in [9.17, 15) is 9.18 Å². The number of Topliss-reactive ketones (excluding diaryl/α,β-unsaturated/α-hetero) is 1. The van der Waals surface area contributed by atoms with Gasteiger partial charge in [-0.05, 0) is 56.3 Å². The lowest BCUT2D eigenvalue weighted by molar-refractivity contribution is 0.0643. The van der Waals surface area contributed by atoms with Gasteiger partial charge in [-0.25, -0.2) is 4.39 Å². The summed E-state index contributed by atoms with van der Waals surface area (Å²) in [7, 11) is 0. The molecule has 5 heteroatoms. The largest absolute Gasteiger partial charge is 0.481 e. The highest BCUT2D eigenvalue weighted by Gasteiger charge is 2.52. The van der Waals surface area contributed by atoms with Crippen molar-refractivity contribution in [3.8, 4) is 5.75 Å². The van der Waals surface area contributed by atoms with E-state index in [0.29, 0.717) is 11.1 Å². The Hall–Kier alpha value is -2.66. The Morgan fingerprint density at radius 1 is 1.12 bits per heavy atom. The van der Waals surface area contributed by atoms with Gasteiger partial charge in [0.05, 0.1) is 5.69 Å². The van der Waals surface area contributed by atoms with Gasteiger partial charge in [0.2, 0.25) is 5.78 Å². The van der Waals surface area contributed by atoms with Gasteiger partial charge in [0.1, 0.15) is 11.6 Å². The van der Waals surface area contributed by atoms with Crippen LogP contribution < -0.4 is 10.1 Å². The highest BCUT2D eigenvalue weighted by Crippen LogP contribution is 2.49. The summed E-state index contributed by atoms with van der Waals surface area (Å²) in [6, 6.07) is 14.2. The second-order valence-corrected chi connectivity index (χ2v) is 7.18. The molecule has 1 fully saturated rings. The van der Waals surface area contributed by atoms with E-state index in [2.05, 4.69) is 16.4 Å². The monoisotopic (exact) mass is 350 g/mol. The van der Waals surface area contributed by atoms with Crippen LogP contribution >= 0.6 is 0 Å². The molecule has 3 heterocycles. The first-order valence-corrected chi connectivity index (χ1v) is 8.97. The fraction of sp³-hybridized carbons (Fsp3) is 0.286. The number of benzene rings is 2. The Kier molecular flexibility index (Phi) is 3.40. The minimum atomic E-state index is -0.556. The number of ether oxygens (including phenoxy) is 1. The summed E-state index contributed by atoms with van der Waals surface area (Å²) in [5.41, 5.74) is 2.05. The predicted octanol–water partition coefficient (Wildman–Crippen LogP) is 3.57. The Morgan fingerprint density at radius 3 is 2.77 bits per heavy atom. The molecule has 2 aromatic carbocycles. The van der Waals surface area contributed by atoms with Crippen molar-refractivity contribution in [3.05, 3.63) is 65.6 Å². The molecule has 3 aromatic rings. The lowest BCUT2D eigenvalue weighted by Gasteiger charge is -2.37. The number of nitrogens with one attached hydrogen (secondary N) is 2. The normalized spacial score (nSPS) is 20.9. The highest BCUT2D eigenvalue weighted by molar-refractivity contribution is 6.03. The molecule has 2 aliphatic rings. The number of fused-ring (bicyclic) bond motifs is 3. The molecule has 2 N–H and O–H groups in total. The first-order chi connectivity index (χ1) is 12.7. The van der Waals surface area contributed by atoms with Crippen molar-refractivity contribution >= 4 is 16.7 Å². The first kappa shape index (κ1) is 15.6. The van der Waals surface area contributed by atoms with Crippen LogP contribution in [0, 0.1) is 5.82 Å². The zero-order valence-corrected chi connectivity index (χ0v) is 14.2. The van der Waals surface area contributed by atoms with Crippen molar-refractivity contribution in [2.75, 3.05) is 13.1 Å². The van der Waals surface area contributed by atoms with Crippen LogP contribution in [0.5, 0.6) is 5.75 Å². The van der Waals surface area contributed by atoms with Crippen molar-refractivity contribution in [2.24, 2.45) is 0 Å². The number of ketones is 1. The topological polar surface area (TPSA) is 54.1 Å². The number of carbonyl (C=O) groups excluding carboxylic acids is 1. The third-order valence-corrected chi connectivity index (χ3v) is 5.75. The number of carbonyl (C=O) groups is 1. The number of aromatic nitrogens is 1. The van der Waals surface area contributed by atoms with Crippen molar-refractivity contribution in [2.45, 2.75) is 24.4 Å². The van der Waals surface area contributed by atoms with Gasteiger partial charge in [-0.15, -0.1) is 0 Å². The number of piperidine rings is 1. The maximum atomic E-state index is 13.5. The molecule has 5 rings (SSSR count). The molecular formula is C21H19FN2O2. The number of para-hydroxylation sites is 1. The average Bonchev–Trinajstić information content (AvgIpc) is 3.22. The number of aromatic amines is 1. The molecule has 0 saturated carbocycles. The summed E-state index contributed by atoms with van der Waals surface area (Å²) >= 11 is 0. The second-order valence-electron chi connectivity index (χ2n) is 7.18. The van der Waals surface area contributed by atoms with E-state index in [1.807, 2.05) is 18.2 Å². The third kappa shape index (κ3) is 2.20. The van der Waals surface area contributed by atoms with Crippen LogP contribution in [0.2, 0.25) is 0 Å². The van der Waals surface area contributed by atoms with Crippen LogP contribution in [0.25, 0.3) is 10.9 Å². The van der Waals surface area contributed by atoms with Crippen LogP contribution in [0.15, 0.2) is 48.5 Å². The molecule has 0 amide bonds. The fourth-order valence-electron chi connectivity index (χ4n) is 4.45. The molecule has 1 atom stereocenters. The molecule has 0 radical (unpaired) electrons. The molecule has 2 aliphatic heterocycles. The molecular weight excluding hydrogens is 331 g/mol. The zero-order valence-electron chi connectivity index (χ0n) is 14.2. The summed E-state index contributed by atoms with van der Waals surface area (Å²) in [5.74, 6) is 0.421. The lowest BCUT2D eigenvalue weighted by atomic mass is 9.69. The van der Waals surface area contributed by atoms with Crippen molar-refractivity contribution in [3.63, 3.8) is 0 Å². The van der Waals surface area contributed by atoms with Crippen LogP contribution in [0.3, 0.4) is 0 Å². The molecule has 0 unspecified atom stereocenters. The van der Waals surface area contributed by atoms with Crippen LogP contribution in [0.1, 0.15) is 28.9 Å². The SMILES string of the molecule is O=C(c1cc2cc(F)ccc2[nH]1)[C@@H]1Oc2ccccc2C12CCNCC2. The first-order valence-electron chi connectivity index (χ1n) is 8.97. The number of H-pyrrole nitrogens is 1. The molecule has 1 aromatic heterocycles. The second kappa shape index (κ2) is 5.68. The lowest BCUT2D eigenvalue weighted by Crippen LogP contribution is -2.50. The average molecular weight is 350 g/mol. The third-order valence-electron chi connectivity index (χ3n) is 5.75. The van der Waals surface area contributed by atoms with Crippen molar-refractivity contribution < 1.29 is 13.9 Å². The molecule has 132 valence electrons. The molecule has 1 saturated heterocycles. The molecule has 1 spiro atoms. The van der Waals surface area contributed by atoms with E-state index in [1.165, 1.54) is 12.1 Å². The maximum absolute atomic E-state index is 13.5. The van der Waals surface area contributed by atoms with Gasteiger partial charge in [-0.3, -0.25) is 4.79 Å². The van der Waals surface area contributed by atoms with Crippen LogP contribution in [-0.2, 0) is 5.41 Å². The Balaban J connectivity index is 1.58. The number of rotatable bonds is 2. The van der Waals surface area contributed by atoms with E-state index >= 15 is 0 Å². The van der Waals surface area contributed by atoms with E-state index in [4.69, 9.17) is 4.74 Å². The predicted molar refractivity (Wildman–Crippen MR) is 97.2 cm³/mol. The van der Waals surface area contributed by atoms with Crippen molar-refractivity contribution in [1.82, 2.24) is 10.3 Å². The van der Waals surface area contributed by atoms with Gasteiger partial charge in [-0.1, -0.05) is 18.2 Å². The Bertz CT molecular complexity index is 1000. The molecule has 4 nitrogen and oxygen atoms in total. The quantitative estimate of drug-likeness (QED) is 0.695. The van der Waals surface area contributed by atoms with Crippen LogP contribution in [0.4, 0.5) is 4.39 Å². The zero-order chi connectivity index (χ0) is 17.7. The van der Waals surface area contributed by atoms with Crippen molar-refractivity contribution in [1.29, 1.82) is 0 Å². The Labute approximate surface area is 150 Å². The number of hydrogen-bond donors (Lipinski definition) is 2. The molecule has 0 bridgehead atoms. The van der Waals surface area contributed by atoms with Gasteiger partial charge in [0, 0.05) is 21.9 Å². The smallest absolute Gasteiger partial charge is 0.220 e. The van der Waals surface area contributed by atoms with Gasteiger partial charge in [0.25, 0.3) is 0 Å². The fourth-order valence-corrected chi connectivity index (χ4v) is 4.45. The van der Waals surface area contributed by atoms with E-state index < -0.39 is 6.10 Å². The number of halogens is 1. The standard InChI is InChI=1S/C21H19FN2O2/c22-14-5-6-16-13(11-14)12-17(24-16)19(25)20-21(7-9-23-10-8-21)15-3-1-2-4-18(15)26-20/h1-6,11-12,20,23-24H,7-10H2/t20-/m0/s1. The maximum Gasteiger partial charge on any atom is 0.220 e. The molecule has 0 aliphatic carbocycles. The summed E-state index contributed by atoms with van der Waals surface area (Å²) in [5, 5.41) is 4.07. The van der Waals surface area contributed by atoms with Gasteiger partial charge in [-0.2, -0.15) is 0 Å². The summed E-state index contributed by atoms with van der Waals surface area (Å²) < 4.78 is 19.6.